The highest BCUT2D eigenvalue weighted by Crippen LogP contribution is 2.29. The molecule has 0 aromatic heterocycles. The van der Waals surface area contributed by atoms with Gasteiger partial charge in [0.2, 0.25) is 0 Å². The van der Waals surface area contributed by atoms with E-state index in [0.29, 0.717) is 24.7 Å². The third-order valence-corrected chi connectivity index (χ3v) is 4.15. The predicted octanol–water partition coefficient (Wildman–Crippen LogP) is 4.00. The molecular formula is C23H30N2O5. The van der Waals surface area contributed by atoms with Crippen LogP contribution in [0.25, 0.3) is 0 Å². The number of nitrogens with one attached hydrogen (secondary N) is 2. The van der Waals surface area contributed by atoms with Gasteiger partial charge in [0.15, 0.2) is 18.1 Å². The van der Waals surface area contributed by atoms with Crippen molar-refractivity contribution >= 4 is 17.6 Å². The summed E-state index contributed by atoms with van der Waals surface area (Å²) >= 11 is 0. The third-order valence-electron chi connectivity index (χ3n) is 4.15. The number of ether oxygens (including phenoxy) is 2. The van der Waals surface area contributed by atoms with Crippen LogP contribution in [0.3, 0.4) is 0 Å². The maximum Gasteiger partial charge on any atom is 0.335 e. The lowest BCUT2D eigenvalue weighted by Gasteiger charge is -2.21. The van der Waals surface area contributed by atoms with Crippen LogP contribution in [0.5, 0.6) is 11.5 Å². The summed E-state index contributed by atoms with van der Waals surface area (Å²) in [6.07, 6.45) is 0. The van der Waals surface area contributed by atoms with E-state index in [1.54, 1.807) is 24.3 Å². The van der Waals surface area contributed by atoms with Crippen LogP contribution in [0, 0.1) is 6.92 Å². The molecule has 0 aliphatic heterocycles. The number of hydrogen-bond acceptors (Lipinski definition) is 5. The lowest BCUT2D eigenvalue weighted by atomic mass is 10.1. The van der Waals surface area contributed by atoms with E-state index in [2.05, 4.69) is 10.6 Å². The van der Waals surface area contributed by atoms with Crippen LogP contribution in [0.4, 0.5) is 5.69 Å². The second-order valence-corrected chi connectivity index (χ2v) is 7.99. The van der Waals surface area contributed by atoms with Gasteiger partial charge < -0.3 is 25.2 Å². The Kier molecular flexibility index (Phi) is 7.69. The molecule has 0 bridgehead atoms. The number of hydrogen-bond donors (Lipinski definition) is 3. The first-order valence-corrected chi connectivity index (χ1v) is 9.86. The minimum absolute atomic E-state index is 0.101. The summed E-state index contributed by atoms with van der Waals surface area (Å²) in [7, 11) is 0. The van der Waals surface area contributed by atoms with E-state index in [-0.39, 0.29) is 23.6 Å². The Morgan fingerprint density at radius 1 is 1.03 bits per heavy atom. The molecule has 30 heavy (non-hydrogen) atoms. The van der Waals surface area contributed by atoms with E-state index in [9.17, 15) is 14.7 Å². The Labute approximate surface area is 177 Å². The van der Waals surface area contributed by atoms with Gasteiger partial charge in [0, 0.05) is 17.8 Å². The molecule has 0 fully saturated rings. The van der Waals surface area contributed by atoms with E-state index in [1.807, 2.05) is 46.8 Å². The molecule has 0 aliphatic rings. The summed E-state index contributed by atoms with van der Waals surface area (Å²) in [6, 6.07) is 10.5. The van der Waals surface area contributed by atoms with Crippen molar-refractivity contribution in [2.75, 3.05) is 18.5 Å². The van der Waals surface area contributed by atoms with Crippen LogP contribution < -0.4 is 20.1 Å². The zero-order valence-corrected chi connectivity index (χ0v) is 18.2. The van der Waals surface area contributed by atoms with Crippen LogP contribution in [-0.2, 0) is 11.3 Å². The molecule has 2 aromatic carbocycles. The highest BCUT2D eigenvalue weighted by molar-refractivity contribution is 5.89. The molecule has 0 unspecified atom stereocenters. The van der Waals surface area contributed by atoms with Crippen molar-refractivity contribution in [1.29, 1.82) is 0 Å². The minimum atomic E-state index is -0.964. The molecule has 0 spiro atoms. The predicted molar refractivity (Wildman–Crippen MR) is 116 cm³/mol. The number of carbonyl (C=O) groups is 2. The molecule has 7 heteroatoms. The summed E-state index contributed by atoms with van der Waals surface area (Å²) in [4.78, 5) is 23.2. The average Bonchev–Trinajstić information content (AvgIpc) is 2.65. The van der Waals surface area contributed by atoms with Gasteiger partial charge in [-0.1, -0.05) is 12.1 Å². The van der Waals surface area contributed by atoms with E-state index >= 15 is 0 Å². The van der Waals surface area contributed by atoms with E-state index in [4.69, 9.17) is 9.47 Å². The molecule has 3 N–H and O–H groups in total. The lowest BCUT2D eigenvalue weighted by molar-refractivity contribution is -0.124. The zero-order valence-electron chi connectivity index (χ0n) is 18.2. The summed E-state index contributed by atoms with van der Waals surface area (Å²) < 4.78 is 11.3. The van der Waals surface area contributed by atoms with Crippen LogP contribution in [-0.4, -0.2) is 35.7 Å². The van der Waals surface area contributed by atoms with E-state index in [0.717, 1.165) is 16.8 Å². The van der Waals surface area contributed by atoms with Gasteiger partial charge in [-0.25, -0.2) is 4.79 Å². The normalized spacial score (nSPS) is 11.0. The molecule has 7 nitrogen and oxygen atoms in total. The van der Waals surface area contributed by atoms with Gasteiger partial charge in [0.1, 0.15) is 0 Å². The Morgan fingerprint density at radius 2 is 1.77 bits per heavy atom. The van der Waals surface area contributed by atoms with Crippen molar-refractivity contribution in [3.63, 3.8) is 0 Å². The Hall–Kier alpha value is -3.22. The van der Waals surface area contributed by atoms with E-state index in [1.165, 1.54) is 0 Å². The summed E-state index contributed by atoms with van der Waals surface area (Å²) in [5.41, 5.74) is 2.55. The van der Waals surface area contributed by atoms with Gasteiger partial charge in [0.25, 0.3) is 5.91 Å². The summed E-state index contributed by atoms with van der Waals surface area (Å²) in [5.74, 6) is -0.122. The van der Waals surface area contributed by atoms with Crippen molar-refractivity contribution in [2.24, 2.45) is 0 Å². The average molecular weight is 415 g/mol. The van der Waals surface area contributed by atoms with Crippen molar-refractivity contribution < 1.29 is 24.2 Å². The quantitative estimate of drug-likeness (QED) is 0.574. The number of carboxylic acid groups (broad SMARTS) is 1. The fourth-order valence-electron chi connectivity index (χ4n) is 2.79. The number of aromatic carboxylic acids is 1. The Morgan fingerprint density at radius 3 is 2.40 bits per heavy atom. The number of aryl methyl sites for hydroxylation is 1. The van der Waals surface area contributed by atoms with Crippen LogP contribution in [0.2, 0.25) is 0 Å². The highest BCUT2D eigenvalue weighted by Gasteiger charge is 2.15. The summed E-state index contributed by atoms with van der Waals surface area (Å²) in [6.45, 7) is 10.4. The number of benzene rings is 2. The zero-order chi connectivity index (χ0) is 22.3. The first kappa shape index (κ1) is 23.1. The molecule has 1 amide bonds. The van der Waals surface area contributed by atoms with Gasteiger partial charge in [-0.05, 0) is 70.0 Å². The highest BCUT2D eigenvalue weighted by atomic mass is 16.5. The molecule has 162 valence electrons. The van der Waals surface area contributed by atoms with Crippen LogP contribution in [0.1, 0.15) is 49.2 Å². The van der Waals surface area contributed by atoms with Gasteiger partial charge in [-0.15, -0.1) is 0 Å². The standard InChI is InChI=1S/C23H30N2O5/c1-6-29-20-11-16(8-10-19(20)30-14-21(26)25-23(3,4)5)13-24-18-12-17(22(27)28)9-7-15(18)2/h7-12,24H,6,13-14H2,1-5H3,(H,25,26)(H,27,28). The van der Waals surface area contributed by atoms with Crippen LogP contribution >= 0.6 is 0 Å². The van der Waals surface area contributed by atoms with Crippen LogP contribution in [0.15, 0.2) is 36.4 Å². The second kappa shape index (κ2) is 10.0. The maximum absolute atomic E-state index is 12.0. The molecule has 0 saturated heterocycles. The number of rotatable bonds is 9. The smallest absolute Gasteiger partial charge is 0.335 e. The maximum atomic E-state index is 12.0. The van der Waals surface area contributed by atoms with E-state index < -0.39 is 5.97 Å². The topological polar surface area (TPSA) is 96.9 Å². The van der Waals surface area contributed by atoms with Gasteiger partial charge >= 0.3 is 5.97 Å². The Bertz CT molecular complexity index is 903. The largest absolute Gasteiger partial charge is 0.490 e. The molecule has 0 atom stereocenters. The fraction of sp³-hybridized carbons (Fsp3) is 0.391. The van der Waals surface area contributed by atoms with Crippen molar-refractivity contribution in [1.82, 2.24) is 5.32 Å². The number of amides is 1. The molecule has 0 heterocycles. The number of anilines is 1. The van der Waals surface area contributed by atoms with Crippen molar-refractivity contribution in [3.8, 4) is 11.5 Å². The van der Waals surface area contributed by atoms with Gasteiger partial charge in [-0.2, -0.15) is 0 Å². The molecule has 0 aliphatic carbocycles. The minimum Gasteiger partial charge on any atom is -0.490 e. The monoisotopic (exact) mass is 414 g/mol. The molecule has 0 saturated carbocycles. The third kappa shape index (κ3) is 6.99. The molecule has 0 radical (unpaired) electrons. The Balaban J connectivity index is 2.08. The molecular weight excluding hydrogens is 384 g/mol. The second-order valence-electron chi connectivity index (χ2n) is 7.99. The fourth-order valence-corrected chi connectivity index (χ4v) is 2.79. The summed E-state index contributed by atoms with van der Waals surface area (Å²) in [5, 5.41) is 15.3. The first-order chi connectivity index (χ1) is 14.1. The molecule has 2 rings (SSSR count). The first-order valence-electron chi connectivity index (χ1n) is 9.86. The number of carbonyl (C=O) groups excluding carboxylic acids is 1. The SMILES string of the molecule is CCOc1cc(CNc2cc(C(=O)O)ccc2C)ccc1OCC(=O)NC(C)(C)C. The van der Waals surface area contributed by atoms with Gasteiger partial charge in [-0.3, -0.25) is 4.79 Å². The lowest BCUT2D eigenvalue weighted by Crippen LogP contribution is -2.43. The van der Waals surface area contributed by atoms with Gasteiger partial charge in [0.05, 0.1) is 12.2 Å². The van der Waals surface area contributed by atoms with Crippen molar-refractivity contribution in [2.45, 2.75) is 46.7 Å². The van der Waals surface area contributed by atoms with Crippen molar-refractivity contribution in [3.05, 3.63) is 53.1 Å². The molecule has 2 aromatic rings. The number of carboxylic acids is 1.